The van der Waals surface area contributed by atoms with Gasteiger partial charge in [0.15, 0.2) is 6.10 Å². The summed E-state index contributed by atoms with van der Waals surface area (Å²) in [5.41, 5.74) is 0. The monoisotopic (exact) mass is 400 g/mol. The number of hydrogen-bond donors (Lipinski definition) is 0. The van der Waals surface area contributed by atoms with Crippen LogP contribution in [0.4, 0.5) is 0 Å². The van der Waals surface area contributed by atoms with Gasteiger partial charge < -0.3 is 14.2 Å². The Hall–Kier alpha value is -1.10. The number of hydrogen-bond acceptors (Lipinski definition) is 5. The second-order valence-electron chi connectivity index (χ2n) is 7.64. The van der Waals surface area contributed by atoms with Gasteiger partial charge in [-0.3, -0.25) is 4.79 Å². The molecule has 0 bridgehead atoms. The molecule has 0 saturated heterocycles. The number of carbonyl (C=O) groups excluding carboxylic acids is 2. The number of esters is 2. The Morgan fingerprint density at radius 2 is 1.18 bits per heavy atom. The van der Waals surface area contributed by atoms with Gasteiger partial charge in [-0.2, -0.15) is 0 Å². The standard InChI is InChI=1S/C23H44O5/c1-4-5-6-7-8-9-10-11-12-13-14-15-16-17-18-22(28-21(2)24)23(25)27-20-19-26-3/h22H,4-20H2,1-3H3. The van der Waals surface area contributed by atoms with E-state index in [0.29, 0.717) is 13.0 Å². The van der Waals surface area contributed by atoms with Gasteiger partial charge in [0.1, 0.15) is 6.61 Å². The van der Waals surface area contributed by atoms with Crippen molar-refractivity contribution in [3.05, 3.63) is 0 Å². The van der Waals surface area contributed by atoms with Crippen LogP contribution in [0, 0.1) is 0 Å². The molecule has 0 heterocycles. The molecular weight excluding hydrogens is 356 g/mol. The van der Waals surface area contributed by atoms with Crippen molar-refractivity contribution >= 4 is 11.9 Å². The lowest BCUT2D eigenvalue weighted by atomic mass is 10.0. The van der Waals surface area contributed by atoms with Gasteiger partial charge in [0.05, 0.1) is 6.61 Å². The van der Waals surface area contributed by atoms with Crippen molar-refractivity contribution in [2.75, 3.05) is 20.3 Å². The number of carbonyl (C=O) groups is 2. The molecule has 0 aliphatic heterocycles. The lowest BCUT2D eigenvalue weighted by molar-refractivity contribution is -0.168. The predicted molar refractivity (Wildman–Crippen MR) is 113 cm³/mol. The van der Waals surface area contributed by atoms with Crippen LogP contribution in [-0.2, 0) is 23.8 Å². The molecule has 166 valence electrons. The molecule has 1 atom stereocenters. The van der Waals surface area contributed by atoms with Crippen molar-refractivity contribution < 1.29 is 23.8 Å². The van der Waals surface area contributed by atoms with E-state index in [1.807, 2.05) is 0 Å². The summed E-state index contributed by atoms with van der Waals surface area (Å²) in [7, 11) is 1.55. The first kappa shape index (κ1) is 26.9. The minimum absolute atomic E-state index is 0.186. The molecule has 1 unspecified atom stereocenters. The zero-order chi connectivity index (χ0) is 20.9. The molecule has 5 nitrogen and oxygen atoms in total. The van der Waals surface area contributed by atoms with E-state index in [0.717, 1.165) is 12.8 Å². The summed E-state index contributed by atoms with van der Waals surface area (Å²) in [4.78, 5) is 23.1. The minimum Gasteiger partial charge on any atom is -0.460 e. The fourth-order valence-electron chi connectivity index (χ4n) is 3.27. The zero-order valence-electron chi connectivity index (χ0n) is 18.6. The van der Waals surface area contributed by atoms with Gasteiger partial charge in [0.25, 0.3) is 0 Å². The van der Waals surface area contributed by atoms with E-state index in [4.69, 9.17) is 14.2 Å². The fourth-order valence-corrected chi connectivity index (χ4v) is 3.27. The highest BCUT2D eigenvalue weighted by atomic mass is 16.6. The minimum atomic E-state index is -0.785. The number of methoxy groups -OCH3 is 1. The van der Waals surface area contributed by atoms with E-state index in [1.165, 1.54) is 84.0 Å². The third-order valence-corrected chi connectivity index (χ3v) is 4.92. The van der Waals surface area contributed by atoms with Crippen LogP contribution in [0.5, 0.6) is 0 Å². The molecule has 0 N–H and O–H groups in total. The lowest BCUT2D eigenvalue weighted by Gasteiger charge is -2.15. The van der Waals surface area contributed by atoms with Crippen molar-refractivity contribution in [1.82, 2.24) is 0 Å². The van der Waals surface area contributed by atoms with Crippen LogP contribution in [0.15, 0.2) is 0 Å². The Morgan fingerprint density at radius 1 is 0.714 bits per heavy atom. The van der Waals surface area contributed by atoms with Gasteiger partial charge in [0, 0.05) is 14.0 Å². The molecule has 0 aromatic heterocycles. The van der Waals surface area contributed by atoms with E-state index in [1.54, 1.807) is 7.11 Å². The highest BCUT2D eigenvalue weighted by molar-refractivity contribution is 5.78. The van der Waals surface area contributed by atoms with Gasteiger partial charge in [-0.25, -0.2) is 4.79 Å². The van der Waals surface area contributed by atoms with Crippen LogP contribution in [0.2, 0.25) is 0 Å². The van der Waals surface area contributed by atoms with Crippen LogP contribution >= 0.6 is 0 Å². The molecular formula is C23H44O5. The van der Waals surface area contributed by atoms with Crippen molar-refractivity contribution in [3.8, 4) is 0 Å². The largest absolute Gasteiger partial charge is 0.460 e. The first-order chi connectivity index (χ1) is 13.6. The Bertz CT molecular complexity index is 370. The predicted octanol–water partition coefficient (Wildman–Crippen LogP) is 5.98. The average Bonchev–Trinajstić information content (AvgIpc) is 2.67. The molecule has 0 aliphatic carbocycles. The molecule has 0 rings (SSSR count). The molecule has 0 radical (unpaired) electrons. The van der Waals surface area contributed by atoms with E-state index in [-0.39, 0.29) is 6.61 Å². The highest BCUT2D eigenvalue weighted by Crippen LogP contribution is 2.15. The third kappa shape index (κ3) is 18.3. The number of unbranched alkanes of at least 4 members (excludes halogenated alkanes) is 13. The fraction of sp³-hybridized carbons (Fsp3) is 0.913. The molecule has 0 aliphatic rings. The quantitative estimate of drug-likeness (QED) is 0.186. The Labute approximate surface area is 172 Å². The summed E-state index contributed by atoms with van der Waals surface area (Å²) >= 11 is 0. The SMILES string of the molecule is CCCCCCCCCCCCCCCCC(OC(C)=O)C(=O)OCCOC. The van der Waals surface area contributed by atoms with E-state index < -0.39 is 18.0 Å². The first-order valence-electron chi connectivity index (χ1n) is 11.4. The summed E-state index contributed by atoms with van der Waals surface area (Å²) in [6, 6.07) is 0. The van der Waals surface area contributed by atoms with E-state index in [2.05, 4.69) is 6.92 Å². The van der Waals surface area contributed by atoms with Crippen molar-refractivity contribution in [1.29, 1.82) is 0 Å². The number of ether oxygens (including phenoxy) is 3. The summed E-state index contributed by atoms with van der Waals surface area (Å²) in [5, 5.41) is 0. The molecule has 5 heteroatoms. The Kier molecular flexibility index (Phi) is 19.8. The van der Waals surface area contributed by atoms with Crippen molar-refractivity contribution in [3.63, 3.8) is 0 Å². The third-order valence-electron chi connectivity index (χ3n) is 4.92. The van der Waals surface area contributed by atoms with Gasteiger partial charge in [-0.05, 0) is 12.8 Å². The van der Waals surface area contributed by atoms with Crippen molar-refractivity contribution in [2.45, 2.75) is 116 Å². The summed E-state index contributed by atoms with van der Waals surface area (Å²) in [5.74, 6) is -0.916. The van der Waals surface area contributed by atoms with E-state index >= 15 is 0 Å². The molecule has 0 aromatic carbocycles. The normalized spacial score (nSPS) is 12.0. The van der Waals surface area contributed by atoms with Crippen molar-refractivity contribution in [2.24, 2.45) is 0 Å². The molecule has 28 heavy (non-hydrogen) atoms. The van der Waals surface area contributed by atoms with Gasteiger partial charge >= 0.3 is 11.9 Å². The Balaban J connectivity index is 3.58. The summed E-state index contributed by atoms with van der Waals surface area (Å²) in [6.07, 6.45) is 17.7. The highest BCUT2D eigenvalue weighted by Gasteiger charge is 2.22. The maximum absolute atomic E-state index is 12.0. The van der Waals surface area contributed by atoms with Crippen LogP contribution in [0.3, 0.4) is 0 Å². The topological polar surface area (TPSA) is 61.8 Å². The Morgan fingerprint density at radius 3 is 1.61 bits per heavy atom. The maximum atomic E-state index is 12.0. The zero-order valence-corrected chi connectivity index (χ0v) is 18.6. The van der Waals surface area contributed by atoms with Crippen LogP contribution in [-0.4, -0.2) is 38.4 Å². The van der Waals surface area contributed by atoms with Gasteiger partial charge in [0.2, 0.25) is 0 Å². The molecule has 0 spiro atoms. The van der Waals surface area contributed by atoms with Gasteiger partial charge in [-0.15, -0.1) is 0 Å². The van der Waals surface area contributed by atoms with Crippen LogP contribution in [0.1, 0.15) is 110 Å². The first-order valence-corrected chi connectivity index (χ1v) is 11.4. The second kappa shape index (κ2) is 20.6. The van der Waals surface area contributed by atoms with Crippen LogP contribution in [0.25, 0.3) is 0 Å². The molecule has 0 saturated carbocycles. The summed E-state index contributed by atoms with van der Waals surface area (Å²) in [6.45, 7) is 4.11. The second-order valence-corrected chi connectivity index (χ2v) is 7.64. The smallest absolute Gasteiger partial charge is 0.347 e. The summed E-state index contributed by atoms with van der Waals surface area (Å²) < 4.78 is 15.0. The van der Waals surface area contributed by atoms with Gasteiger partial charge in [-0.1, -0.05) is 90.4 Å². The van der Waals surface area contributed by atoms with E-state index in [9.17, 15) is 9.59 Å². The average molecular weight is 401 g/mol. The maximum Gasteiger partial charge on any atom is 0.347 e. The molecule has 0 aromatic rings. The lowest BCUT2D eigenvalue weighted by Crippen LogP contribution is -2.29. The molecule has 0 fully saturated rings. The van der Waals surface area contributed by atoms with Crippen LogP contribution < -0.4 is 0 Å². The number of rotatable bonds is 20. The molecule has 0 amide bonds.